The lowest BCUT2D eigenvalue weighted by Crippen LogP contribution is -2.36. The highest BCUT2D eigenvalue weighted by atomic mass is 35.5. The quantitative estimate of drug-likeness (QED) is 0.807. The third-order valence-electron chi connectivity index (χ3n) is 3.04. The summed E-state index contributed by atoms with van der Waals surface area (Å²) in [5, 5.41) is 20.8. The molecule has 0 spiro atoms. The summed E-state index contributed by atoms with van der Waals surface area (Å²) in [6.45, 7) is 2.32. The minimum absolute atomic E-state index is 0. The van der Waals surface area contributed by atoms with E-state index in [2.05, 4.69) is 15.6 Å². The second-order valence-corrected chi connectivity index (χ2v) is 5.13. The number of carbonyl (C=O) groups is 1. The number of rotatable bonds is 7. The van der Waals surface area contributed by atoms with Gasteiger partial charge in [-0.25, -0.2) is 4.68 Å². The van der Waals surface area contributed by atoms with Crippen LogP contribution in [0, 0.1) is 0 Å². The first-order valence-electron chi connectivity index (χ1n) is 6.73. The molecule has 0 saturated carbocycles. The van der Waals surface area contributed by atoms with Gasteiger partial charge in [-0.2, -0.15) is 0 Å². The van der Waals surface area contributed by atoms with Crippen LogP contribution in [0.25, 0.3) is 5.69 Å². The second-order valence-electron chi connectivity index (χ2n) is 4.69. The van der Waals surface area contributed by atoms with Crippen LogP contribution in [0.4, 0.5) is 0 Å². The summed E-state index contributed by atoms with van der Waals surface area (Å²) in [6.07, 6.45) is 3.16. The standard InChI is InChI=1S/C14H17ClN4O2.ClH/c1-2-3-13(14(20)21)16-8-11-9-19(18-17-11)12-6-4-10(15)5-7-12;/h4-7,9,13,16H,2-3,8H2,1H3,(H,20,21);1H. The largest absolute Gasteiger partial charge is 0.480 e. The van der Waals surface area contributed by atoms with Gasteiger partial charge in [-0.3, -0.25) is 10.1 Å². The molecule has 1 heterocycles. The number of aliphatic carboxylic acids is 1. The topological polar surface area (TPSA) is 80.0 Å². The van der Waals surface area contributed by atoms with E-state index in [4.69, 9.17) is 16.7 Å². The zero-order valence-corrected chi connectivity index (χ0v) is 13.6. The Hall–Kier alpha value is -1.63. The minimum atomic E-state index is -0.845. The van der Waals surface area contributed by atoms with E-state index in [1.807, 2.05) is 19.1 Å². The highest BCUT2D eigenvalue weighted by molar-refractivity contribution is 6.30. The molecule has 0 amide bonds. The molecule has 8 heteroatoms. The molecule has 2 rings (SSSR count). The van der Waals surface area contributed by atoms with E-state index >= 15 is 0 Å². The molecule has 1 aromatic heterocycles. The number of carboxylic acids is 1. The van der Waals surface area contributed by atoms with Crippen LogP contribution in [0.2, 0.25) is 5.02 Å². The van der Waals surface area contributed by atoms with Crippen molar-refractivity contribution in [1.82, 2.24) is 20.3 Å². The third-order valence-corrected chi connectivity index (χ3v) is 3.29. The van der Waals surface area contributed by atoms with Crippen LogP contribution in [-0.2, 0) is 11.3 Å². The summed E-state index contributed by atoms with van der Waals surface area (Å²) < 4.78 is 1.63. The number of hydrogen-bond acceptors (Lipinski definition) is 4. The summed E-state index contributed by atoms with van der Waals surface area (Å²) in [6, 6.07) is 6.67. The van der Waals surface area contributed by atoms with Gasteiger partial charge in [-0.05, 0) is 30.7 Å². The highest BCUT2D eigenvalue weighted by Crippen LogP contribution is 2.12. The normalized spacial score (nSPS) is 11.7. The number of carboxylic acid groups (broad SMARTS) is 1. The Kier molecular flexibility index (Phi) is 7.31. The van der Waals surface area contributed by atoms with E-state index in [0.29, 0.717) is 23.7 Å². The molecule has 1 unspecified atom stereocenters. The fourth-order valence-electron chi connectivity index (χ4n) is 1.93. The molecule has 2 aromatic rings. The van der Waals surface area contributed by atoms with Crippen LogP contribution in [0.15, 0.2) is 30.5 Å². The summed E-state index contributed by atoms with van der Waals surface area (Å²) in [5.41, 5.74) is 1.54. The smallest absolute Gasteiger partial charge is 0.320 e. The molecule has 0 saturated heterocycles. The first kappa shape index (κ1) is 18.4. The van der Waals surface area contributed by atoms with E-state index in [9.17, 15) is 4.79 Å². The summed E-state index contributed by atoms with van der Waals surface area (Å²) >= 11 is 5.84. The van der Waals surface area contributed by atoms with Crippen molar-refractivity contribution >= 4 is 30.0 Å². The maximum atomic E-state index is 11.1. The van der Waals surface area contributed by atoms with Gasteiger partial charge >= 0.3 is 5.97 Å². The molecule has 22 heavy (non-hydrogen) atoms. The van der Waals surface area contributed by atoms with Gasteiger partial charge in [-0.1, -0.05) is 30.2 Å². The van der Waals surface area contributed by atoms with Crippen LogP contribution in [0.1, 0.15) is 25.5 Å². The van der Waals surface area contributed by atoms with Gasteiger partial charge in [0.25, 0.3) is 0 Å². The van der Waals surface area contributed by atoms with E-state index in [0.717, 1.165) is 12.1 Å². The van der Waals surface area contributed by atoms with Crippen molar-refractivity contribution in [2.45, 2.75) is 32.4 Å². The maximum absolute atomic E-state index is 11.1. The zero-order valence-electron chi connectivity index (χ0n) is 12.1. The fourth-order valence-corrected chi connectivity index (χ4v) is 2.05. The Balaban J connectivity index is 0.00000242. The van der Waals surface area contributed by atoms with Crippen molar-refractivity contribution in [3.8, 4) is 5.69 Å². The summed E-state index contributed by atoms with van der Waals surface area (Å²) in [5.74, 6) is -0.845. The number of aromatic nitrogens is 3. The molecule has 0 bridgehead atoms. The predicted molar refractivity (Wildman–Crippen MR) is 86.8 cm³/mol. The molecular weight excluding hydrogens is 327 g/mol. The SMILES string of the molecule is CCCC(NCc1cn(-c2ccc(Cl)cc2)nn1)C(=O)O.Cl. The second kappa shape index (κ2) is 8.73. The molecule has 0 radical (unpaired) electrons. The summed E-state index contributed by atoms with van der Waals surface area (Å²) in [7, 11) is 0. The lowest BCUT2D eigenvalue weighted by molar-refractivity contribution is -0.139. The van der Waals surface area contributed by atoms with E-state index in [1.165, 1.54) is 0 Å². The molecule has 1 aromatic carbocycles. The lowest BCUT2D eigenvalue weighted by atomic mass is 10.1. The molecule has 120 valence electrons. The zero-order chi connectivity index (χ0) is 15.2. The van der Waals surface area contributed by atoms with Crippen molar-refractivity contribution in [2.24, 2.45) is 0 Å². The Morgan fingerprint density at radius 2 is 2.09 bits per heavy atom. The molecule has 1 atom stereocenters. The van der Waals surface area contributed by atoms with Gasteiger partial charge in [0, 0.05) is 11.6 Å². The maximum Gasteiger partial charge on any atom is 0.320 e. The molecule has 0 aliphatic carbocycles. The van der Waals surface area contributed by atoms with E-state index < -0.39 is 12.0 Å². The molecule has 6 nitrogen and oxygen atoms in total. The number of nitrogens with zero attached hydrogens (tertiary/aromatic N) is 3. The highest BCUT2D eigenvalue weighted by Gasteiger charge is 2.15. The number of nitrogens with one attached hydrogen (secondary N) is 1. The number of benzene rings is 1. The molecular formula is C14H18Cl2N4O2. The van der Waals surface area contributed by atoms with Crippen LogP contribution in [0.5, 0.6) is 0 Å². The lowest BCUT2D eigenvalue weighted by Gasteiger charge is -2.11. The minimum Gasteiger partial charge on any atom is -0.480 e. The van der Waals surface area contributed by atoms with Gasteiger partial charge in [0.2, 0.25) is 0 Å². The van der Waals surface area contributed by atoms with Crippen LogP contribution in [-0.4, -0.2) is 32.1 Å². The van der Waals surface area contributed by atoms with Gasteiger partial charge in [0.1, 0.15) is 6.04 Å². The number of hydrogen-bond donors (Lipinski definition) is 2. The molecule has 0 aliphatic heterocycles. The van der Waals surface area contributed by atoms with Crippen LogP contribution < -0.4 is 5.32 Å². The average Bonchev–Trinajstić information content (AvgIpc) is 2.92. The van der Waals surface area contributed by atoms with Crippen molar-refractivity contribution in [3.05, 3.63) is 41.2 Å². The van der Waals surface area contributed by atoms with Crippen molar-refractivity contribution in [2.75, 3.05) is 0 Å². The van der Waals surface area contributed by atoms with E-state index in [1.54, 1.807) is 23.0 Å². The predicted octanol–water partition coefficient (Wildman–Crippen LogP) is 2.69. The van der Waals surface area contributed by atoms with Gasteiger partial charge < -0.3 is 5.11 Å². The van der Waals surface area contributed by atoms with Crippen LogP contribution >= 0.6 is 24.0 Å². The Morgan fingerprint density at radius 3 is 2.68 bits per heavy atom. The van der Waals surface area contributed by atoms with Crippen molar-refractivity contribution in [3.63, 3.8) is 0 Å². The fraction of sp³-hybridized carbons (Fsp3) is 0.357. The van der Waals surface area contributed by atoms with Crippen LogP contribution in [0.3, 0.4) is 0 Å². The summed E-state index contributed by atoms with van der Waals surface area (Å²) in [4.78, 5) is 11.1. The Morgan fingerprint density at radius 1 is 1.41 bits per heavy atom. The molecule has 0 fully saturated rings. The van der Waals surface area contributed by atoms with Gasteiger partial charge in [0.15, 0.2) is 0 Å². The van der Waals surface area contributed by atoms with Crippen molar-refractivity contribution in [1.29, 1.82) is 0 Å². The first-order valence-corrected chi connectivity index (χ1v) is 7.11. The Bertz CT molecular complexity index is 601. The molecule has 2 N–H and O–H groups in total. The van der Waals surface area contributed by atoms with E-state index in [-0.39, 0.29) is 12.4 Å². The monoisotopic (exact) mass is 344 g/mol. The third kappa shape index (κ3) is 4.98. The van der Waals surface area contributed by atoms with Gasteiger partial charge in [-0.15, -0.1) is 17.5 Å². The van der Waals surface area contributed by atoms with Gasteiger partial charge in [0.05, 0.1) is 17.6 Å². The first-order chi connectivity index (χ1) is 10.1. The molecule has 0 aliphatic rings. The van der Waals surface area contributed by atoms with Crippen molar-refractivity contribution < 1.29 is 9.90 Å². The average molecular weight is 345 g/mol. The number of halogens is 2. The Labute approximate surface area is 139 Å².